The van der Waals surface area contributed by atoms with Gasteiger partial charge in [0, 0.05) is 10.6 Å². The van der Waals surface area contributed by atoms with Crippen molar-refractivity contribution >= 4 is 17.6 Å². The van der Waals surface area contributed by atoms with Crippen LogP contribution in [0.2, 0.25) is 5.02 Å². The van der Waals surface area contributed by atoms with E-state index in [0.29, 0.717) is 0 Å². The fraction of sp³-hybridized carbons (Fsp3) is 0.300. The molecule has 0 bridgehead atoms. The lowest BCUT2D eigenvalue weighted by molar-refractivity contribution is -0.225. The number of carboxylic acids is 1. The fourth-order valence-electron chi connectivity index (χ4n) is 1.20. The Hall–Kier alpha value is -1.27. The van der Waals surface area contributed by atoms with Crippen LogP contribution in [0, 0.1) is 0 Å². The van der Waals surface area contributed by atoms with E-state index in [-0.39, 0.29) is 10.6 Å². The summed E-state index contributed by atoms with van der Waals surface area (Å²) in [6, 6.07) is 5.25. The molecule has 0 saturated heterocycles. The van der Waals surface area contributed by atoms with Crippen LogP contribution in [-0.2, 0) is 9.53 Å². The zero-order chi connectivity index (χ0) is 13.1. The van der Waals surface area contributed by atoms with Crippen LogP contribution in [0.4, 0.5) is 13.2 Å². The van der Waals surface area contributed by atoms with E-state index in [4.69, 9.17) is 16.7 Å². The third-order valence-electron chi connectivity index (χ3n) is 1.86. The molecule has 0 spiro atoms. The Morgan fingerprint density at radius 3 is 2.47 bits per heavy atom. The van der Waals surface area contributed by atoms with Gasteiger partial charge in [0.2, 0.25) is 0 Å². The highest BCUT2D eigenvalue weighted by Crippen LogP contribution is 2.38. The van der Waals surface area contributed by atoms with E-state index in [9.17, 15) is 18.0 Å². The molecule has 0 aromatic heterocycles. The fourth-order valence-corrected chi connectivity index (χ4v) is 1.44. The number of benzene rings is 1. The lowest BCUT2D eigenvalue weighted by atomic mass is 10.1. The summed E-state index contributed by atoms with van der Waals surface area (Å²) in [7, 11) is 0. The van der Waals surface area contributed by atoms with Gasteiger partial charge in [0.25, 0.3) is 0 Å². The first-order chi connectivity index (χ1) is 7.82. The monoisotopic (exact) mass is 268 g/mol. The molecule has 1 aromatic rings. The molecule has 7 heteroatoms. The number of ether oxygens (including phenoxy) is 1. The number of carbonyl (C=O) groups is 1. The summed E-state index contributed by atoms with van der Waals surface area (Å²) in [5, 5.41) is 8.19. The molecule has 0 heterocycles. The molecule has 1 aromatic carbocycles. The normalized spacial score (nSPS) is 13.4. The quantitative estimate of drug-likeness (QED) is 0.913. The molecule has 0 aliphatic carbocycles. The van der Waals surface area contributed by atoms with Crippen molar-refractivity contribution in [3.8, 4) is 0 Å². The van der Waals surface area contributed by atoms with Crippen molar-refractivity contribution in [1.82, 2.24) is 0 Å². The Bertz CT molecular complexity index is 406. The number of rotatable bonds is 4. The molecule has 1 atom stereocenters. The minimum atomic E-state index is -4.72. The van der Waals surface area contributed by atoms with Crippen LogP contribution in [0.3, 0.4) is 0 Å². The number of halogens is 4. The van der Waals surface area contributed by atoms with Gasteiger partial charge in [-0.2, -0.15) is 13.2 Å². The van der Waals surface area contributed by atoms with Crippen molar-refractivity contribution in [2.45, 2.75) is 12.3 Å². The molecule has 1 rings (SSSR count). The summed E-state index contributed by atoms with van der Waals surface area (Å²) in [5.74, 6) is -1.48. The Morgan fingerprint density at radius 1 is 1.41 bits per heavy atom. The Labute approximate surface area is 99.8 Å². The smallest absolute Gasteiger partial charge is 0.418 e. The van der Waals surface area contributed by atoms with Crippen molar-refractivity contribution in [2.75, 3.05) is 6.61 Å². The highest BCUT2D eigenvalue weighted by atomic mass is 35.5. The van der Waals surface area contributed by atoms with E-state index in [1.165, 1.54) is 18.2 Å². The van der Waals surface area contributed by atoms with Crippen molar-refractivity contribution in [3.63, 3.8) is 0 Å². The van der Waals surface area contributed by atoms with Crippen molar-refractivity contribution in [1.29, 1.82) is 0 Å². The second-order valence-electron chi connectivity index (χ2n) is 3.15. The number of hydrogen-bond donors (Lipinski definition) is 1. The van der Waals surface area contributed by atoms with Crippen molar-refractivity contribution in [2.24, 2.45) is 0 Å². The largest absolute Gasteiger partial charge is 0.480 e. The molecule has 94 valence electrons. The first kappa shape index (κ1) is 13.8. The number of alkyl halides is 3. The van der Waals surface area contributed by atoms with Gasteiger partial charge in [0.05, 0.1) is 0 Å². The third-order valence-corrected chi connectivity index (χ3v) is 2.20. The summed E-state index contributed by atoms with van der Waals surface area (Å²) < 4.78 is 42.3. The molecule has 0 aliphatic rings. The summed E-state index contributed by atoms with van der Waals surface area (Å²) >= 11 is 5.61. The predicted octanol–water partition coefficient (Wildman–Crippen LogP) is 3.04. The van der Waals surface area contributed by atoms with E-state index < -0.39 is 24.9 Å². The molecule has 0 aliphatic heterocycles. The van der Waals surface area contributed by atoms with Gasteiger partial charge in [0.1, 0.15) is 6.61 Å². The first-order valence-corrected chi connectivity index (χ1v) is 4.84. The summed E-state index contributed by atoms with van der Waals surface area (Å²) in [5.41, 5.74) is -0.303. The first-order valence-electron chi connectivity index (χ1n) is 4.47. The molecular weight excluding hydrogens is 261 g/mol. The predicted molar refractivity (Wildman–Crippen MR) is 53.8 cm³/mol. The average molecular weight is 269 g/mol. The van der Waals surface area contributed by atoms with Crippen molar-refractivity contribution < 1.29 is 27.8 Å². The van der Waals surface area contributed by atoms with Gasteiger partial charge in [-0.1, -0.05) is 29.8 Å². The SMILES string of the molecule is O=C(O)CO[C@H](c1ccccc1Cl)C(F)(F)F. The van der Waals surface area contributed by atoms with Crippen LogP contribution in [0.15, 0.2) is 24.3 Å². The zero-order valence-electron chi connectivity index (χ0n) is 8.37. The minimum absolute atomic E-state index is 0.125. The Balaban J connectivity index is 2.99. The van der Waals surface area contributed by atoms with Gasteiger partial charge in [-0.25, -0.2) is 4.79 Å². The zero-order valence-corrected chi connectivity index (χ0v) is 9.13. The highest BCUT2D eigenvalue weighted by Gasteiger charge is 2.43. The molecule has 3 nitrogen and oxygen atoms in total. The number of hydrogen-bond acceptors (Lipinski definition) is 2. The molecule has 1 N–H and O–H groups in total. The second-order valence-corrected chi connectivity index (χ2v) is 3.56. The van der Waals surface area contributed by atoms with Crippen molar-refractivity contribution in [3.05, 3.63) is 34.9 Å². The molecule has 0 amide bonds. The van der Waals surface area contributed by atoms with Gasteiger partial charge >= 0.3 is 12.1 Å². The number of carboxylic acid groups (broad SMARTS) is 1. The minimum Gasteiger partial charge on any atom is -0.480 e. The van der Waals surface area contributed by atoms with E-state index in [0.717, 1.165) is 6.07 Å². The maximum atomic E-state index is 12.7. The van der Waals surface area contributed by atoms with Gasteiger partial charge in [-0.3, -0.25) is 0 Å². The Morgan fingerprint density at radius 2 is 2.00 bits per heavy atom. The van der Waals surface area contributed by atoms with E-state index in [1.807, 2.05) is 0 Å². The topological polar surface area (TPSA) is 46.5 Å². The molecule has 0 radical (unpaired) electrons. The van der Waals surface area contributed by atoms with Crippen LogP contribution in [0.25, 0.3) is 0 Å². The maximum absolute atomic E-state index is 12.7. The van der Waals surface area contributed by atoms with E-state index in [1.54, 1.807) is 0 Å². The maximum Gasteiger partial charge on any atom is 0.418 e. The average Bonchev–Trinajstić information content (AvgIpc) is 2.18. The summed E-state index contributed by atoms with van der Waals surface area (Å²) in [4.78, 5) is 10.2. The van der Waals surface area contributed by atoms with E-state index in [2.05, 4.69) is 4.74 Å². The number of aliphatic carboxylic acids is 1. The van der Waals surface area contributed by atoms with Crippen LogP contribution >= 0.6 is 11.6 Å². The molecular formula is C10H8ClF3O3. The standard InChI is InChI=1S/C10H8ClF3O3/c11-7-4-2-1-3-6(7)9(10(12,13)14)17-5-8(15)16/h1-4,9H,5H2,(H,15,16)/t9-/m1/s1. The summed E-state index contributed by atoms with van der Waals surface area (Å²) in [6.45, 7) is -1.05. The van der Waals surface area contributed by atoms with E-state index >= 15 is 0 Å². The van der Waals surface area contributed by atoms with Gasteiger partial charge in [-0.05, 0) is 6.07 Å². The third kappa shape index (κ3) is 3.90. The van der Waals surface area contributed by atoms with Crippen LogP contribution in [0.1, 0.15) is 11.7 Å². The van der Waals surface area contributed by atoms with Gasteiger partial charge < -0.3 is 9.84 Å². The van der Waals surface area contributed by atoms with Gasteiger partial charge in [0.15, 0.2) is 6.10 Å². The molecule has 17 heavy (non-hydrogen) atoms. The van der Waals surface area contributed by atoms with Crippen LogP contribution in [0.5, 0.6) is 0 Å². The lowest BCUT2D eigenvalue weighted by Crippen LogP contribution is -2.26. The lowest BCUT2D eigenvalue weighted by Gasteiger charge is -2.21. The summed E-state index contributed by atoms with van der Waals surface area (Å²) in [6.07, 6.45) is -7.06. The van der Waals surface area contributed by atoms with Crippen LogP contribution in [-0.4, -0.2) is 23.9 Å². The molecule has 0 fully saturated rings. The highest BCUT2D eigenvalue weighted by molar-refractivity contribution is 6.31. The second kappa shape index (κ2) is 5.37. The molecule has 0 saturated carbocycles. The van der Waals surface area contributed by atoms with Crippen LogP contribution < -0.4 is 0 Å². The Kier molecular flexibility index (Phi) is 4.36. The van der Waals surface area contributed by atoms with Gasteiger partial charge in [-0.15, -0.1) is 0 Å². The molecule has 0 unspecified atom stereocenters.